The highest BCUT2D eigenvalue weighted by Crippen LogP contribution is 2.01. The van der Waals surface area contributed by atoms with Gasteiger partial charge in [-0.15, -0.1) is 34.2 Å². The molecule has 0 unspecified atom stereocenters. The van der Waals surface area contributed by atoms with Gasteiger partial charge in [0.2, 0.25) is 0 Å². The van der Waals surface area contributed by atoms with Gasteiger partial charge in [0.15, 0.2) is 11.8 Å². The van der Waals surface area contributed by atoms with Crippen LogP contribution in [0.25, 0.3) is 0 Å². The maximum absolute atomic E-state index is 4.19. The highest BCUT2D eigenvalue weighted by Gasteiger charge is 2.05. The summed E-state index contributed by atoms with van der Waals surface area (Å²) in [5.74, 6) is 3.38. The van der Waals surface area contributed by atoms with Gasteiger partial charge in [-0.1, -0.05) is 13.8 Å². The van der Waals surface area contributed by atoms with E-state index in [0.29, 0.717) is 6.54 Å². The van der Waals surface area contributed by atoms with E-state index in [1.54, 1.807) is 7.05 Å². The smallest absolute Gasteiger partial charge is 0.191 e. The first-order chi connectivity index (χ1) is 9.04. The van der Waals surface area contributed by atoms with E-state index < -0.39 is 0 Å². The number of hydrogen-bond acceptors (Lipinski definition) is 3. The standard InChI is InChI=1S/C13H26N6.HI/c1-10(2)7-6-8-15-13(14-4)16-9-12-18-17-11(3)19(12)5;/h10H,6-9H2,1-5H3,(H2,14,15,16);1H. The molecule has 116 valence electrons. The summed E-state index contributed by atoms with van der Waals surface area (Å²) >= 11 is 0. The second kappa shape index (κ2) is 9.95. The number of nitrogens with one attached hydrogen (secondary N) is 2. The van der Waals surface area contributed by atoms with Crippen molar-refractivity contribution in [3.8, 4) is 0 Å². The molecule has 0 atom stereocenters. The van der Waals surface area contributed by atoms with Gasteiger partial charge in [0.25, 0.3) is 0 Å². The van der Waals surface area contributed by atoms with Crippen molar-refractivity contribution in [2.75, 3.05) is 13.6 Å². The van der Waals surface area contributed by atoms with Gasteiger partial charge in [0, 0.05) is 20.6 Å². The topological polar surface area (TPSA) is 67.1 Å². The number of halogens is 1. The van der Waals surface area contributed by atoms with E-state index in [0.717, 1.165) is 36.5 Å². The summed E-state index contributed by atoms with van der Waals surface area (Å²) in [6.07, 6.45) is 2.38. The molecule has 0 aliphatic heterocycles. The molecule has 7 heteroatoms. The molecule has 0 aliphatic carbocycles. The second-order valence-electron chi connectivity index (χ2n) is 5.11. The Kier molecular flexibility index (Phi) is 9.52. The number of aromatic nitrogens is 3. The van der Waals surface area contributed by atoms with Gasteiger partial charge in [-0.2, -0.15) is 0 Å². The number of guanidine groups is 1. The maximum atomic E-state index is 4.19. The van der Waals surface area contributed by atoms with Crippen LogP contribution in [-0.4, -0.2) is 34.3 Å². The maximum Gasteiger partial charge on any atom is 0.191 e. The van der Waals surface area contributed by atoms with Crippen LogP contribution in [-0.2, 0) is 13.6 Å². The third kappa shape index (κ3) is 6.53. The monoisotopic (exact) mass is 394 g/mol. The molecule has 1 rings (SSSR count). The molecule has 0 bridgehead atoms. The Morgan fingerprint density at radius 1 is 1.30 bits per heavy atom. The molecule has 1 aromatic heterocycles. The molecule has 20 heavy (non-hydrogen) atoms. The van der Waals surface area contributed by atoms with Crippen LogP contribution in [0.3, 0.4) is 0 Å². The van der Waals surface area contributed by atoms with E-state index in [9.17, 15) is 0 Å². The number of aliphatic imine (C=N–C) groups is 1. The molecular formula is C13H27IN6. The van der Waals surface area contributed by atoms with E-state index >= 15 is 0 Å². The largest absolute Gasteiger partial charge is 0.356 e. The molecule has 0 saturated carbocycles. The van der Waals surface area contributed by atoms with Crippen LogP contribution in [0.5, 0.6) is 0 Å². The molecule has 0 amide bonds. The number of rotatable bonds is 6. The van der Waals surface area contributed by atoms with Gasteiger partial charge < -0.3 is 15.2 Å². The van der Waals surface area contributed by atoms with E-state index in [4.69, 9.17) is 0 Å². The molecular weight excluding hydrogens is 367 g/mol. The van der Waals surface area contributed by atoms with Gasteiger partial charge >= 0.3 is 0 Å². The van der Waals surface area contributed by atoms with Crippen molar-refractivity contribution >= 4 is 29.9 Å². The molecule has 0 aliphatic rings. The normalized spacial score (nSPS) is 11.4. The van der Waals surface area contributed by atoms with Gasteiger partial charge in [0.05, 0.1) is 6.54 Å². The predicted molar refractivity (Wildman–Crippen MR) is 93.4 cm³/mol. The molecule has 0 radical (unpaired) electrons. The third-order valence-corrected chi connectivity index (χ3v) is 3.07. The number of nitrogens with zero attached hydrogens (tertiary/aromatic N) is 4. The second-order valence-corrected chi connectivity index (χ2v) is 5.11. The van der Waals surface area contributed by atoms with Crippen molar-refractivity contribution in [1.82, 2.24) is 25.4 Å². The summed E-state index contributed by atoms with van der Waals surface area (Å²) in [6.45, 7) is 7.99. The summed E-state index contributed by atoms with van der Waals surface area (Å²) < 4.78 is 1.97. The predicted octanol–water partition coefficient (Wildman–Crippen LogP) is 1.84. The van der Waals surface area contributed by atoms with Crippen molar-refractivity contribution in [2.45, 2.75) is 40.2 Å². The number of aryl methyl sites for hydroxylation is 1. The lowest BCUT2D eigenvalue weighted by molar-refractivity contribution is 0.549. The van der Waals surface area contributed by atoms with Gasteiger partial charge in [-0.3, -0.25) is 4.99 Å². The SMILES string of the molecule is CN=C(NCCCC(C)C)NCc1nnc(C)n1C.I. The van der Waals surface area contributed by atoms with Gasteiger partial charge in [-0.05, 0) is 25.7 Å². The molecule has 0 saturated heterocycles. The first-order valence-electron chi connectivity index (χ1n) is 6.84. The van der Waals surface area contributed by atoms with E-state index in [1.165, 1.54) is 6.42 Å². The average Bonchev–Trinajstić information content (AvgIpc) is 2.69. The quantitative estimate of drug-likeness (QED) is 0.335. The third-order valence-electron chi connectivity index (χ3n) is 3.07. The van der Waals surface area contributed by atoms with Crippen LogP contribution in [0, 0.1) is 12.8 Å². The minimum absolute atomic E-state index is 0. The zero-order chi connectivity index (χ0) is 14.3. The zero-order valence-corrected chi connectivity index (χ0v) is 15.4. The van der Waals surface area contributed by atoms with Crippen molar-refractivity contribution in [2.24, 2.45) is 18.0 Å². The lowest BCUT2D eigenvalue weighted by Gasteiger charge is -2.12. The van der Waals surface area contributed by atoms with Crippen LogP contribution in [0.15, 0.2) is 4.99 Å². The Morgan fingerprint density at radius 3 is 2.50 bits per heavy atom. The molecule has 1 heterocycles. The summed E-state index contributed by atoms with van der Waals surface area (Å²) in [5.41, 5.74) is 0. The van der Waals surface area contributed by atoms with Crippen molar-refractivity contribution < 1.29 is 0 Å². The van der Waals surface area contributed by atoms with Crippen LogP contribution >= 0.6 is 24.0 Å². The Bertz CT molecular complexity index is 413. The van der Waals surface area contributed by atoms with Crippen LogP contribution in [0.4, 0.5) is 0 Å². The Morgan fingerprint density at radius 2 is 2.00 bits per heavy atom. The fourth-order valence-corrected chi connectivity index (χ4v) is 1.71. The van der Waals surface area contributed by atoms with Gasteiger partial charge in [-0.25, -0.2) is 0 Å². The number of hydrogen-bond donors (Lipinski definition) is 2. The van der Waals surface area contributed by atoms with Crippen molar-refractivity contribution in [3.05, 3.63) is 11.6 Å². The molecule has 0 spiro atoms. The Balaban J connectivity index is 0.00000361. The molecule has 2 N–H and O–H groups in total. The summed E-state index contributed by atoms with van der Waals surface area (Å²) in [6, 6.07) is 0. The Hall–Kier alpha value is -0.860. The molecule has 0 aromatic carbocycles. The lowest BCUT2D eigenvalue weighted by atomic mass is 10.1. The van der Waals surface area contributed by atoms with Crippen molar-refractivity contribution in [3.63, 3.8) is 0 Å². The van der Waals surface area contributed by atoms with E-state index in [1.807, 2.05) is 18.5 Å². The Labute approximate surface area is 138 Å². The van der Waals surface area contributed by atoms with Crippen LogP contribution in [0.1, 0.15) is 38.3 Å². The van der Waals surface area contributed by atoms with E-state index in [2.05, 4.69) is 39.7 Å². The summed E-state index contributed by atoms with van der Waals surface area (Å²) in [7, 11) is 3.74. The fourth-order valence-electron chi connectivity index (χ4n) is 1.71. The molecule has 1 aromatic rings. The molecule has 6 nitrogen and oxygen atoms in total. The average molecular weight is 394 g/mol. The van der Waals surface area contributed by atoms with Crippen molar-refractivity contribution in [1.29, 1.82) is 0 Å². The molecule has 0 fully saturated rings. The van der Waals surface area contributed by atoms with Crippen LogP contribution in [0.2, 0.25) is 0 Å². The lowest BCUT2D eigenvalue weighted by Crippen LogP contribution is -2.37. The minimum Gasteiger partial charge on any atom is -0.356 e. The zero-order valence-electron chi connectivity index (χ0n) is 13.1. The fraction of sp³-hybridized carbons (Fsp3) is 0.769. The first kappa shape index (κ1) is 19.1. The minimum atomic E-state index is 0. The van der Waals surface area contributed by atoms with Crippen LogP contribution < -0.4 is 10.6 Å². The van der Waals surface area contributed by atoms with E-state index in [-0.39, 0.29) is 24.0 Å². The summed E-state index contributed by atoms with van der Waals surface area (Å²) in [5, 5.41) is 14.7. The highest BCUT2D eigenvalue weighted by atomic mass is 127. The summed E-state index contributed by atoms with van der Waals surface area (Å²) in [4.78, 5) is 4.19. The highest BCUT2D eigenvalue weighted by molar-refractivity contribution is 14.0. The first-order valence-corrected chi connectivity index (χ1v) is 6.84. The van der Waals surface area contributed by atoms with Gasteiger partial charge in [0.1, 0.15) is 5.82 Å².